The van der Waals surface area contributed by atoms with Crippen molar-refractivity contribution in [1.29, 1.82) is 0 Å². The highest BCUT2D eigenvalue weighted by molar-refractivity contribution is 6.05. The largest absolute Gasteiger partial charge is 0.505 e. The lowest BCUT2D eigenvalue weighted by Crippen LogP contribution is -2.33. The Labute approximate surface area is 171 Å². The van der Waals surface area contributed by atoms with Gasteiger partial charge in [0.05, 0.1) is 11.9 Å². The third-order valence-electron chi connectivity index (χ3n) is 4.54. The lowest BCUT2D eigenvalue weighted by atomic mass is 10.1. The summed E-state index contributed by atoms with van der Waals surface area (Å²) in [6.07, 6.45) is -9.28. The number of hydrogen-bond acceptors (Lipinski definition) is 4. The van der Waals surface area contributed by atoms with Gasteiger partial charge in [-0.15, -0.1) is 0 Å². The Hall–Kier alpha value is -3.63. The van der Waals surface area contributed by atoms with Gasteiger partial charge in [0.1, 0.15) is 5.75 Å². The zero-order valence-electron chi connectivity index (χ0n) is 15.7. The summed E-state index contributed by atoms with van der Waals surface area (Å²) in [6.45, 7) is 1.42. The molecule has 11 heteroatoms. The maximum atomic E-state index is 13.9. The van der Waals surface area contributed by atoms with Crippen LogP contribution in [-0.2, 0) is 11.2 Å². The normalized spacial score (nSPS) is 11.8. The molecule has 0 bridgehead atoms. The van der Waals surface area contributed by atoms with Crippen LogP contribution in [0.3, 0.4) is 0 Å². The summed E-state index contributed by atoms with van der Waals surface area (Å²) in [5.74, 6) is -4.38. The monoisotopic (exact) mass is 443 g/mol. The van der Waals surface area contributed by atoms with Gasteiger partial charge in [0.25, 0.3) is 5.91 Å². The van der Waals surface area contributed by atoms with E-state index >= 15 is 0 Å². The first-order valence-electron chi connectivity index (χ1n) is 8.66. The molecule has 0 amide bonds. The summed E-state index contributed by atoms with van der Waals surface area (Å²) in [5.41, 5.74) is 0.223. The summed E-state index contributed by atoms with van der Waals surface area (Å²) in [6, 6.07) is 5.71. The lowest BCUT2D eigenvalue weighted by Gasteiger charge is -2.17. The van der Waals surface area contributed by atoms with Crippen LogP contribution in [0.5, 0.6) is 11.5 Å². The summed E-state index contributed by atoms with van der Waals surface area (Å²) in [4.78, 5) is 24.2. The quantitative estimate of drug-likeness (QED) is 0.553. The second-order valence-corrected chi connectivity index (χ2v) is 6.58. The molecule has 0 saturated heterocycles. The fraction of sp³-hybridized carbons (Fsp3) is 0.200. The Morgan fingerprint density at radius 3 is 2.32 bits per heavy atom. The van der Waals surface area contributed by atoms with Crippen LogP contribution in [0.1, 0.15) is 21.6 Å². The van der Waals surface area contributed by atoms with E-state index in [2.05, 4.69) is 4.74 Å². The molecular formula is C20H14F5NO5. The molecule has 164 valence electrons. The van der Waals surface area contributed by atoms with Crippen molar-refractivity contribution in [3.8, 4) is 11.5 Å². The van der Waals surface area contributed by atoms with Gasteiger partial charge in [-0.2, -0.15) is 17.6 Å². The fourth-order valence-corrected chi connectivity index (χ4v) is 3.12. The van der Waals surface area contributed by atoms with Gasteiger partial charge in [0.15, 0.2) is 11.6 Å². The number of ether oxygens (including phenoxy) is 1. The number of aliphatic carboxylic acids is 1. The van der Waals surface area contributed by atoms with E-state index in [4.69, 9.17) is 5.11 Å². The second-order valence-electron chi connectivity index (χ2n) is 6.58. The minimum Gasteiger partial charge on any atom is -0.505 e. The number of alkyl halides is 4. The van der Waals surface area contributed by atoms with E-state index < -0.39 is 48.1 Å². The van der Waals surface area contributed by atoms with E-state index in [-0.39, 0.29) is 27.7 Å². The number of carbonyl (C=O) groups excluding carboxylic acids is 1. The third kappa shape index (κ3) is 4.16. The Morgan fingerprint density at radius 1 is 1.16 bits per heavy atom. The predicted octanol–water partition coefficient (Wildman–Crippen LogP) is 4.35. The molecule has 0 fully saturated rings. The van der Waals surface area contributed by atoms with Gasteiger partial charge in [-0.3, -0.25) is 14.2 Å². The smallest absolute Gasteiger partial charge is 0.461 e. The number of carbonyl (C=O) groups is 2. The molecule has 2 aromatic carbocycles. The number of nitrogens with zero attached hydrogens (tertiary/aromatic N) is 1. The van der Waals surface area contributed by atoms with Gasteiger partial charge >= 0.3 is 18.5 Å². The van der Waals surface area contributed by atoms with Crippen LogP contribution in [0, 0.1) is 12.7 Å². The molecule has 31 heavy (non-hydrogen) atoms. The van der Waals surface area contributed by atoms with E-state index in [1.165, 1.54) is 6.92 Å². The Bertz CT molecular complexity index is 1170. The highest BCUT2D eigenvalue weighted by atomic mass is 19.3. The topological polar surface area (TPSA) is 88.8 Å². The maximum absolute atomic E-state index is 13.9. The van der Waals surface area contributed by atoms with Gasteiger partial charge in [-0.05, 0) is 42.8 Å². The van der Waals surface area contributed by atoms with Gasteiger partial charge in [-0.1, -0.05) is 0 Å². The van der Waals surface area contributed by atoms with Crippen molar-refractivity contribution in [1.82, 2.24) is 4.57 Å². The van der Waals surface area contributed by atoms with E-state index in [0.29, 0.717) is 0 Å². The predicted molar refractivity (Wildman–Crippen MR) is 97.4 cm³/mol. The Kier molecular flexibility index (Phi) is 5.62. The van der Waals surface area contributed by atoms with Crippen molar-refractivity contribution in [2.75, 3.05) is 0 Å². The molecule has 1 aromatic heterocycles. The fourth-order valence-electron chi connectivity index (χ4n) is 3.12. The number of benzene rings is 2. The minimum absolute atomic E-state index is 0.0152. The number of carboxylic acid groups (broad SMARTS) is 1. The van der Waals surface area contributed by atoms with Gasteiger partial charge in [0, 0.05) is 22.7 Å². The number of hydrogen-bond donors (Lipinski definition) is 2. The molecule has 1 heterocycles. The van der Waals surface area contributed by atoms with Crippen LogP contribution >= 0.6 is 0 Å². The zero-order valence-corrected chi connectivity index (χ0v) is 15.7. The molecule has 6 nitrogen and oxygen atoms in total. The number of fused-ring (bicyclic) bond motifs is 1. The number of phenolic OH excluding ortho intramolecular Hbond substituents is 1. The van der Waals surface area contributed by atoms with Crippen LogP contribution in [0.15, 0.2) is 36.4 Å². The van der Waals surface area contributed by atoms with Crippen molar-refractivity contribution in [2.24, 2.45) is 0 Å². The molecule has 3 rings (SSSR count). The molecular weight excluding hydrogens is 429 g/mol. The van der Waals surface area contributed by atoms with Crippen molar-refractivity contribution >= 4 is 22.8 Å². The number of rotatable bonds is 6. The second kappa shape index (κ2) is 7.89. The molecule has 0 radical (unpaired) electrons. The van der Waals surface area contributed by atoms with Crippen LogP contribution in [0.2, 0.25) is 0 Å². The minimum atomic E-state index is -4.72. The van der Waals surface area contributed by atoms with Gasteiger partial charge in [0.2, 0.25) is 0 Å². The molecule has 0 aliphatic heterocycles. The standard InChI is InChI=1S/C20H14F5NO5/c1-9-12(7-17(28)29)13-6-16(27)14(21)8-15(13)26(9)18(30)10-2-4-11(5-3-10)31-20(24,25)19(22)23/h2-6,8,19,27H,7H2,1H3,(H,28,29). The molecule has 0 saturated carbocycles. The number of carboxylic acids is 1. The zero-order chi connectivity index (χ0) is 23.1. The maximum Gasteiger partial charge on any atom is 0.461 e. The summed E-state index contributed by atoms with van der Waals surface area (Å²) >= 11 is 0. The first kappa shape index (κ1) is 22.1. The number of aromatic nitrogens is 1. The van der Waals surface area contributed by atoms with Gasteiger partial charge < -0.3 is 14.9 Å². The van der Waals surface area contributed by atoms with E-state index in [0.717, 1.165) is 41.0 Å². The number of phenols is 1. The highest BCUT2D eigenvalue weighted by Crippen LogP contribution is 2.33. The molecule has 0 aliphatic rings. The molecule has 0 aliphatic carbocycles. The van der Waals surface area contributed by atoms with Crippen molar-refractivity contribution in [2.45, 2.75) is 25.9 Å². The molecule has 0 unspecified atom stereocenters. The van der Waals surface area contributed by atoms with Crippen LogP contribution in [0.25, 0.3) is 10.9 Å². The van der Waals surface area contributed by atoms with E-state index in [1.54, 1.807) is 0 Å². The SMILES string of the molecule is Cc1c(CC(=O)O)c2cc(O)c(F)cc2n1C(=O)c1ccc(OC(F)(F)C(F)F)cc1. The van der Waals surface area contributed by atoms with E-state index in [1.807, 2.05) is 0 Å². The molecule has 2 N–H and O–H groups in total. The highest BCUT2D eigenvalue weighted by Gasteiger charge is 2.44. The number of aromatic hydroxyl groups is 1. The van der Waals surface area contributed by atoms with Crippen molar-refractivity contribution < 1.29 is 46.5 Å². The Balaban J connectivity index is 2.05. The van der Waals surface area contributed by atoms with Crippen LogP contribution in [0.4, 0.5) is 22.0 Å². The third-order valence-corrected chi connectivity index (χ3v) is 4.54. The average Bonchev–Trinajstić information content (AvgIpc) is 2.92. The Morgan fingerprint density at radius 2 is 1.77 bits per heavy atom. The lowest BCUT2D eigenvalue weighted by molar-refractivity contribution is -0.253. The molecule has 0 atom stereocenters. The van der Waals surface area contributed by atoms with Crippen LogP contribution in [-0.4, -0.2) is 39.2 Å². The van der Waals surface area contributed by atoms with E-state index in [9.17, 15) is 36.6 Å². The van der Waals surface area contributed by atoms with Crippen molar-refractivity contribution in [3.63, 3.8) is 0 Å². The number of halogens is 5. The summed E-state index contributed by atoms with van der Waals surface area (Å²) in [5, 5.41) is 18.9. The summed E-state index contributed by atoms with van der Waals surface area (Å²) in [7, 11) is 0. The van der Waals surface area contributed by atoms with Crippen LogP contribution < -0.4 is 4.74 Å². The molecule has 3 aromatic rings. The van der Waals surface area contributed by atoms with Crippen molar-refractivity contribution in [3.05, 3.63) is 59.0 Å². The first-order valence-corrected chi connectivity index (χ1v) is 8.66. The van der Waals surface area contributed by atoms with Gasteiger partial charge in [-0.25, -0.2) is 4.39 Å². The average molecular weight is 443 g/mol. The molecule has 0 spiro atoms. The summed E-state index contributed by atoms with van der Waals surface area (Å²) < 4.78 is 69.4. The first-order chi connectivity index (χ1) is 14.4.